The molecule has 1 heterocycles. The van der Waals surface area contributed by atoms with Gasteiger partial charge in [-0.15, -0.1) is 0 Å². The standard InChI is InChI=1S/C19H16N2O2/c1-23-17-9-5-6-14-10-11-16(21-19(14)17)12-13-18(22)20-15-7-3-2-4-8-15/h2-13H,1H3,(H,20,22)/b13-12+. The Labute approximate surface area is 134 Å². The van der Waals surface area contributed by atoms with Crippen molar-refractivity contribution in [3.63, 3.8) is 0 Å². The summed E-state index contributed by atoms with van der Waals surface area (Å²) in [5.74, 6) is 0.518. The summed E-state index contributed by atoms with van der Waals surface area (Å²) in [7, 11) is 1.62. The number of benzene rings is 2. The Bertz CT molecular complexity index is 858. The molecule has 0 radical (unpaired) electrons. The van der Waals surface area contributed by atoms with Crippen molar-refractivity contribution in [3.05, 3.63) is 72.4 Å². The first kappa shape index (κ1) is 14.8. The van der Waals surface area contributed by atoms with Crippen LogP contribution in [0.15, 0.2) is 66.7 Å². The predicted octanol–water partition coefficient (Wildman–Crippen LogP) is 3.90. The number of methoxy groups -OCH3 is 1. The van der Waals surface area contributed by atoms with Crippen LogP contribution in [0.3, 0.4) is 0 Å². The number of aromatic nitrogens is 1. The monoisotopic (exact) mass is 304 g/mol. The summed E-state index contributed by atoms with van der Waals surface area (Å²) in [6.45, 7) is 0. The minimum absolute atomic E-state index is 0.196. The van der Waals surface area contributed by atoms with Crippen LogP contribution in [0.5, 0.6) is 5.75 Å². The van der Waals surface area contributed by atoms with Crippen LogP contribution >= 0.6 is 0 Å². The largest absolute Gasteiger partial charge is 0.494 e. The fourth-order valence-electron chi connectivity index (χ4n) is 2.26. The Morgan fingerprint density at radius 1 is 1.04 bits per heavy atom. The highest BCUT2D eigenvalue weighted by molar-refractivity contribution is 6.01. The van der Waals surface area contributed by atoms with E-state index in [4.69, 9.17) is 4.74 Å². The topological polar surface area (TPSA) is 51.2 Å². The van der Waals surface area contributed by atoms with E-state index in [0.717, 1.165) is 16.6 Å². The number of pyridine rings is 1. The lowest BCUT2D eigenvalue weighted by Crippen LogP contribution is -2.07. The summed E-state index contributed by atoms with van der Waals surface area (Å²) in [5, 5.41) is 3.79. The van der Waals surface area contributed by atoms with E-state index in [0.29, 0.717) is 11.4 Å². The Morgan fingerprint density at radius 3 is 2.65 bits per heavy atom. The first-order chi connectivity index (χ1) is 11.3. The molecule has 0 fully saturated rings. The third-order valence-corrected chi connectivity index (χ3v) is 3.37. The van der Waals surface area contributed by atoms with E-state index in [1.54, 1.807) is 13.2 Å². The van der Waals surface area contributed by atoms with Crippen LogP contribution in [0.4, 0.5) is 5.69 Å². The fraction of sp³-hybridized carbons (Fsp3) is 0.0526. The molecule has 3 aromatic rings. The highest BCUT2D eigenvalue weighted by Crippen LogP contribution is 2.23. The van der Waals surface area contributed by atoms with E-state index in [1.165, 1.54) is 6.08 Å². The van der Waals surface area contributed by atoms with Gasteiger partial charge in [0.2, 0.25) is 5.91 Å². The molecular weight excluding hydrogens is 288 g/mol. The van der Waals surface area contributed by atoms with Gasteiger partial charge < -0.3 is 10.1 Å². The average Bonchev–Trinajstić information content (AvgIpc) is 2.60. The Hall–Kier alpha value is -3.14. The summed E-state index contributed by atoms with van der Waals surface area (Å²) in [6, 6.07) is 18.9. The van der Waals surface area contributed by atoms with Gasteiger partial charge in [-0.05, 0) is 30.3 Å². The number of hydrogen-bond donors (Lipinski definition) is 1. The zero-order valence-corrected chi connectivity index (χ0v) is 12.7. The molecule has 0 bridgehead atoms. The number of nitrogens with zero attached hydrogens (tertiary/aromatic N) is 1. The van der Waals surface area contributed by atoms with Gasteiger partial charge in [0.25, 0.3) is 0 Å². The lowest BCUT2D eigenvalue weighted by atomic mass is 10.2. The van der Waals surface area contributed by atoms with E-state index in [9.17, 15) is 4.79 Å². The average molecular weight is 304 g/mol. The van der Waals surface area contributed by atoms with Crippen LogP contribution in [-0.4, -0.2) is 18.0 Å². The van der Waals surface area contributed by atoms with Crippen molar-refractivity contribution < 1.29 is 9.53 Å². The summed E-state index contributed by atoms with van der Waals surface area (Å²) in [6.07, 6.45) is 3.15. The number of amides is 1. The Morgan fingerprint density at radius 2 is 1.87 bits per heavy atom. The van der Waals surface area contributed by atoms with Crippen molar-refractivity contribution in [2.24, 2.45) is 0 Å². The van der Waals surface area contributed by atoms with Crippen molar-refractivity contribution >= 4 is 28.6 Å². The molecule has 1 N–H and O–H groups in total. The molecule has 4 heteroatoms. The maximum absolute atomic E-state index is 11.9. The molecule has 0 atom stereocenters. The van der Waals surface area contributed by atoms with E-state index < -0.39 is 0 Å². The predicted molar refractivity (Wildman–Crippen MR) is 92.4 cm³/mol. The number of fused-ring (bicyclic) bond motifs is 1. The molecule has 0 saturated heterocycles. The van der Waals surface area contributed by atoms with Crippen molar-refractivity contribution in [3.8, 4) is 5.75 Å². The van der Waals surface area contributed by atoms with Crippen LogP contribution in [0, 0.1) is 0 Å². The number of para-hydroxylation sites is 2. The third kappa shape index (κ3) is 3.55. The SMILES string of the molecule is COc1cccc2ccc(/C=C/C(=O)Nc3ccccc3)nc12. The molecule has 3 rings (SSSR count). The number of nitrogens with one attached hydrogen (secondary N) is 1. The summed E-state index contributed by atoms with van der Waals surface area (Å²) in [5.41, 5.74) is 2.24. The number of carbonyl (C=O) groups is 1. The minimum Gasteiger partial charge on any atom is -0.494 e. The molecule has 23 heavy (non-hydrogen) atoms. The van der Waals surface area contributed by atoms with Gasteiger partial charge in [-0.1, -0.05) is 36.4 Å². The minimum atomic E-state index is -0.196. The number of ether oxygens (including phenoxy) is 1. The zero-order valence-electron chi connectivity index (χ0n) is 12.7. The molecule has 0 unspecified atom stereocenters. The van der Waals surface area contributed by atoms with Gasteiger partial charge in [-0.3, -0.25) is 4.79 Å². The maximum atomic E-state index is 11.9. The van der Waals surface area contributed by atoms with Gasteiger partial charge in [0.05, 0.1) is 12.8 Å². The smallest absolute Gasteiger partial charge is 0.248 e. The van der Waals surface area contributed by atoms with Crippen LogP contribution in [0.2, 0.25) is 0 Å². The lowest BCUT2D eigenvalue weighted by molar-refractivity contribution is -0.111. The van der Waals surface area contributed by atoms with Crippen molar-refractivity contribution in [2.75, 3.05) is 12.4 Å². The highest BCUT2D eigenvalue weighted by atomic mass is 16.5. The first-order valence-electron chi connectivity index (χ1n) is 7.24. The van der Waals surface area contributed by atoms with Crippen molar-refractivity contribution in [1.82, 2.24) is 4.98 Å². The molecule has 2 aromatic carbocycles. The molecule has 4 nitrogen and oxygen atoms in total. The third-order valence-electron chi connectivity index (χ3n) is 3.37. The maximum Gasteiger partial charge on any atom is 0.248 e. The van der Waals surface area contributed by atoms with Gasteiger partial charge in [0.15, 0.2) is 0 Å². The highest BCUT2D eigenvalue weighted by Gasteiger charge is 2.03. The molecular formula is C19H16N2O2. The fourth-order valence-corrected chi connectivity index (χ4v) is 2.26. The van der Waals surface area contributed by atoms with Crippen LogP contribution in [0.1, 0.15) is 5.69 Å². The van der Waals surface area contributed by atoms with Crippen molar-refractivity contribution in [1.29, 1.82) is 0 Å². The van der Waals surface area contributed by atoms with E-state index in [1.807, 2.05) is 60.7 Å². The van der Waals surface area contributed by atoms with Gasteiger partial charge in [-0.25, -0.2) is 4.98 Å². The van der Waals surface area contributed by atoms with Gasteiger partial charge in [0, 0.05) is 17.1 Å². The number of carbonyl (C=O) groups excluding carboxylic acids is 1. The van der Waals surface area contributed by atoms with Crippen LogP contribution < -0.4 is 10.1 Å². The molecule has 0 aliphatic rings. The summed E-state index contributed by atoms with van der Waals surface area (Å²) < 4.78 is 5.32. The number of anilines is 1. The van der Waals surface area contributed by atoms with Crippen LogP contribution in [-0.2, 0) is 4.79 Å². The van der Waals surface area contributed by atoms with Crippen molar-refractivity contribution in [2.45, 2.75) is 0 Å². The molecule has 0 saturated carbocycles. The van der Waals surface area contributed by atoms with E-state index in [2.05, 4.69) is 10.3 Å². The zero-order chi connectivity index (χ0) is 16.1. The number of rotatable bonds is 4. The van der Waals surface area contributed by atoms with E-state index in [-0.39, 0.29) is 5.91 Å². The van der Waals surface area contributed by atoms with Crippen LogP contribution in [0.25, 0.3) is 17.0 Å². The van der Waals surface area contributed by atoms with Gasteiger partial charge >= 0.3 is 0 Å². The Kier molecular flexibility index (Phi) is 4.34. The Balaban J connectivity index is 1.79. The normalized spacial score (nSPS) is 10.8. The molecule has 114 valence electrons. The molecule has 0 spiro atoms. The molecule has 0 aliphatic heterocycles. The first-order valence-corrected chi connectivity index (χ1v) is 7.24. The lowest BCUT2D eigenvalue weighted by Gasteiger charge is -2.05. The number of hydrogen-bond acceptors (Lipinski definition) is 3. The van der Waals surface area contributed by atoms with E-state index >= 15 is 0 Å². The molecule has 1 amide bonds. The second-order valence-electron chi connectivity index (χ2n) is 4.96. The quantitative estimate of drug-likeness (QED) is 0.744. The molecule has 0 aliphatic carbocycles. The molecule has 1 aromatic heterocycles. The van der Waals surface area contributed by atoms with Gasteiger partial charge in [-0.2, -0.15) is 0 Å². The summed E-state index contributed by atoms with van der Waals surface area (Å²) in [4.78, 5) is 16.5. The second-order valence-corrected chi connectivity index (χ2v) is 4.96. The second kappa shape index (κ2) is 6.75. The van der Waals surface area contributed by atoms with Gasteiger partial charge in [0.1, 0.15) is 11.3 Å². The summed E-state index contributed by atoms with van der Waals surface area (Å²) >= 11 is 0.